The Hall–Kier alpha value is -1.00. The van der Waals surface area contributed by atoms with E-state index >= 15 is 0 Å². The van der Waals surface area contributed by atoms with Gasteiger partial charge in [0, 0.05) is 12.2 Å². The van der Waals surface area contributed by atoms with Crippen LogP contribution in [0.1, 0.15) is 50.1 Å². The molecule has 1 aliphatic carbocycles. The van der Waals surface area contributed by atoms with Crippen molar-refractivity contribution in [3.05, 3.63) is 23.0 Å². The molecule has 1 saturated carbocycles. The molecule has 0 bridgehead atoms. The van der Waals surface area contributed by atoms with E-state index in [0.29, 0.717) is 16.8 Å². The van der Waals surface area contributed by atoms with E-state index < -0.39 is 11.6 Å². The highest BCUT2D eigenvalue weighted by Gasteiger charge is 2.31. The molecule has 0 aromatic carbocycles. The molecule has 0 radical (unpaired) electrons. The van der Waals surface area contributed by atoms with Gasteiger partial charge in [-0.25, -0.2) is 0 Å². The van der Waals surface area contributed by atoms with Gasteiger partial charge in [0.1, 0.15) is 5.69 Å². The van der Waals surface area contributed by atoms with Crippen molar-refractivity contribution in [2.75, 3.05) is 0 Å². The Morgan fingerprint density at radius 2 is 2.22 bits per heavy atom. The maximum absolute atomic E-state index is 12.2. The summed E-state index contributed by atoms with van der Waals surface area (Å²) in [4.78, 5) is 12.2. The molecule has 2 N–H and O–H groups in total. The molecule has 4 nitrogen and oxygen atoms in total. The van der Waals surface area contributed by atoms with E-state index in [1.54, 1.807) is 33.0 Å². The van der Waals surface area contributed by atoms with Crippen LogP contribution in [-0.4, -0.2) is 27.2 Å². The van der Waals surface area contributed by atoms with E-state index in [0.717, 1.165) is 12.8 Å². The Bertz CT molecular complexity index is 462. The molecular weight excluding hydrogens is 252 g/mol. The van der Waals surface area contributed by atoms with Gasteiger partial charge in [0.2, 0.25) is 0 Å². The lowest BCUT2D eigenvalue weighted by molar-refractivity contribution is 0.0702. The number of rotatable bonds is 4. The Morgan fingerprint density at radius 3 is 2.72 bits per heavy atom. The van der Waals surface area contributed by atoms with E-state index in [2.05, 4.69) is 5.32 Å². The summed E-state index contributed by atoms with van der Waals surface area (Å²) in [5.41, 5.74) is -0.0985. The third kappa shape index (κ3) is 2.70. The summed E-state index contributed by atoms with van der Waals surface area (Å²) < 4.78 is 1.93. The van der Waals surface area contributed by atoms with Crippen molar-refractivity contribution < 1.29 is 9.90 Å². The monoisotopic (exact) mass is 270 g/mol. The van der Waals surface area contributed by atoms with Crippen molar-refractivity contribution in [2.24, 2.45) is 0 Å². The molecule has 0 aliphatic heterocycles. The van der Waals surface area contributed by atoms with Crippen LogP contribution in [0.15, 0.2) is 12.3 Å². The predicted octanol–water partition coefficient (Wildman–Crippen LogP) is 2.37. The van der Waals surface area contributed by atoms with Gasteiger partial charge in [-0.05, 0) is 39.7 Å². The molecule has 1 heterocycles. The van der Waals surface area contributed by atoms with Crippen molar-refractivity contribution in [1.29, 1.82) is 0 Å². The molecule has 5 heteroatoms. The van der Waals surface area contributed by atoms with Crippen LogP contribution in [0, 0.1) is 0 Å². The first-order valence-electron chi connectivity index (χ1n) is 6.19. The molecule has 1 aliphatic rings. The maximum Gasteiger partial charge on any atom is 0.268 e. The number of halogens is 1. The van der Waals surface area contributed by atoms with Gasteiger partial charge in [0.05, 0.1) is 16.7 Å². The third-order valence-corrected chi connectivity index (χ3v) is 3.67. The van der Waals surface area contributed by atoms with Crippen LogP contribution in [-0.2, 0) is 0 Å². The first kappa shape index (κ1) is 13.4. The Morgan fingerprint density at radius 1 is 1.61 bits per heavy atom. The summed E-state index contributed by atoms with van der Waals surface area (Å²) in [6.45, 7) is 5.25. The van der Waals surface area contributed by atoms with Crippen LogP contribution >= 0.6 is 11.6 Å². The molecule has 18 heavy (non-hydrogen) atoms. The first-order chi connectivity index (χ1) is 8.31. The van der Waals surface area contributed by atoms with Crippen molar-refractivity contribution in [3.63, 3.8) is 0 Å². The van der Waals surface area contributed by atoms with Crippen molar-refractivity contribution in [2.45, 2.75) is 51.3 Å². The summed E-state index contributed by atoms with van der Waals surface area (Å²) in [7, 11) is 0. The van der Waals surface area contributed by atoms with Crippen LogP contribution in [0.2, 0.25) is 5.02 Å². The average molecular weight is 271 g/mol. The minimum atomic E-state index is -0.664. The molecule has 1 atom stereocenters. The van der Waals surface area contributed by atoms with Crippen molar-refractivity contribution in [3.8, 4) is 0 Å². The first-order valence-corrected chi connectivity index (χ1v) is 6.57. The topological polar surface area (TPSA) is 54.3 Å². The van der Waals surface area contributed by atoms with E-state index in [1.165, 1.54) is 0 Å². The smallest absolute Gasteiger partial charge is 0.268 e. The molecule has 100 valence electrons. The fourth-order valence-corrected chi connectivity index (χ4v) is 1.95. The number of aliphatic hydroxyl groups is 1. The number of hydrogen-bond acceptors (Lipinski definition) is 2. The third-order valence-electron chi connectivity index (χ3n) is 3.47. The van der Waals surface area contributed by atoms with Crippen LogP contribution < -0.4 is 5.32 Å². The van der Waals surface area contributed by atoms with E-state index in [-0.39, 0.29) is 5.91 Å². The Kier molecular flexibility index (Phi) is 3.43. The quantitative estimate of drug-likeness (QED) is 0.883. The number of carbonyl (C=O) groups excluding carboxylic acids is 1. The average Bonchev–Trinajstić information content (AvgIpc) is 3.01. The van der Waals surface area contributed by atoms with Gasteiger partial charge in [-0.2, -0.15) is 0 Å². The van der Waals surface area contributed by atoms with E-state index in [9.17, 15) is 9.90 Å². The Labute approximate surface area is 112 Å². The molecule has 2 rings (SSSR count). The van der Waals surface area contributed by atoms with Crippen LogP contribution in [0.5, 0.6) is 0 Å². The fourth-order valence-electron chi connectivity index (χ4n) is 1.74. The van der Waals surface area contributed by atoms with Crippen LogP contribution in [0.3, 0.4) is 0 Å². The van der Waals surface area contributed by atoms with Gasteiger partial charge in [-0.3, -0.25) is 4.79 Å². The zero-order valence-electron chi connectivity index (χ0n) is 10.9. The normalized spacial score (nSPS) is 17.6. The number of aromatic nitrogens is 1. The second kappa shape index (κ2) is 4.59. The summed E-state index contributed by atoms with van der Waals surface area (Å²) in [6, 6.07) is 2.07. The molecule has 1 aromatic heterocycles. The number of aliphatic hydroxyl groups excluding tert-OH is 1. The molecule has 1 amide bonds. The number of hydrogen-bond donors (Lipinski definition) is 2. The highest BCUT2D eigenvalue weighted by molar-refractivity contribution is 6.31. The molecule has 1 unspecified atom stereocenters. The number of amides is 1. The van der Waals surface area contributed by atoms with Crippen LogP contribution in [0.25, 0.3) is 0 Å². The molecule has 0 spiro atoms. The summed E-state index contributed by atoms with van der Waals surface area (Å²) in [5, 5.41) is 13.0. The highest BCUT2D eigenvalue weighted by Crippen LogP contribution is 2.37. The van der Waals surface area contributed by atoms with Crippen LogP contribution in [0.4, 0.5) is 0 Å². The lowest BCUT2D eigenvalue weighted by Gasteiger charge is -2.29. The zero-order valence-corrected chi connectivity index (χ0v) is 11.7. The van der Waals surface area contributed by atoms with E-state index in [4.69, 9.17) is 11.6 Å². The molecule has 1 fully saturated rings. The zero-order chi connectivity index (χ0) is 13.5. The predicted molar refractivity (Wildman–Crippen MR) is 70.9 cm³/mol. The summed E-state index contributed by atoms with van der Waals surface area (Å²) >= 11 is 5.97. The molecule has 0 saturated heterocycles. The van der Waals surface area contributed by atoms with Gasteiger partial charge >= 0.3 is 0 Å². The Balaban J connectivity index is 2.18. The SMILES string of the molecule is CC(O)C(C)(C)NC(=O)c1cc(Cl)cn1C1CC1. The fraction of sp³-hybridized carbons (Fsp3) is 0.615. The standard InChI is InChI=1S/C13H19ClN2O2/c1-8(17)13(2,3)15-12(18)11-6-9(14)7-16(11)10-4-5-10/h6-8,10,17H,4-5H2,1-3H3,(H,15,18). The van der Waals surface area contributed by atoms with Crippen molar-refractivity contribution >= 4 is 17.5 Å². The minimum Gasteiger partial charge on any atom is -0.391 e. The second-order valence-electron chi connectivity index (χ2n) is 5.53. The lowest BCUT2D eigenvalue weighted by atomic mass is 9.98. The molecular formula is C13H19ClN2O2. The summed E-state index contributed by atoms with van der Waals surface area (Å²) in [6.07, 6.45) is 3.35. The number of nitrogens with zero attached hydrogens (tertiary/aromatic N) is 1. The number of nitrogens with one attached hydrogen (secondary N) is 1. The highest BCUT2D eigenvalue weighted by atomic mass is 35.5. The summed E-state index contributed by atoms with van der Waals surface area (Å²) in [5.74, 6) is -0.195. The minimum absolute atomic E-state index is 0.195. The maximum atomic E-state index is 12.2. The van der Waals surface area contributed by atoms with Gasteiger partial charge in [0.15, 0.2) is 0 Å². The molecule has 1 aromatic rings. The van der Waals surface area contributed by atoms with Crippen molar-refractivity contribution in [1.82, 2.24) is 9.88 Å². The van der Waals surface area contributed by atoms with Gasteiger partial charge in [-0.1, -0.05) is 11.6 Å². The number of carbonyl (C=O) groups is 1. The van der Waals surface area contributed by atoms with Gasteiger partial charge < -0.3 is 15.0 Å². The lowest BCUT2D eigenvalue weighted by Crippen LogP contribution is -2.51. The second-order valence-corrected chi connectivity index (χ2v) is 5.97. The largest absolute Gasteiger partial charge is 0.391 e. The van der Waals surface area contributed by atoms with E-state index in [1.807, 2.05) is 4.57 Å². The van der Waals surface area contributed by atoms with Gasteiger partial charge in [0.25, 0.3) is 5.91 Å². The van der Waals surface area contributed by atoms with Gasteiger partial charge in [-0.15, -0.1) is 0 Å².